The molecule has 2 heterocycles. The molecule has 7 heteroatoms. The number of H-pyrrole nitrogens is 1. The van der Waals surface area contributed by atoms with Gasteiger partial charge in [0.2, 0.25) is 0 Å². The quantitative estimate of drug-likeness (QED) is 0.439. The summed E-state index contributed by atoms with van der Waals surface area (Å²) in [6.07, 6.45) is 4.50. The summed E-state index contributed by atoms with van der Waals surface area (Å²) < 4.78 is 5.09. The summed E-state index contributed by atoms with van der Waals surface area (Å²) in [6.45, 7) is 4.23. The molecule has 0 unspecified atom stereocenters. The highest BCUT2D eigenvalue weighted by Gasteiger charge is 2.14. The highest BCUT2D eigenvalue weighted by atomic mass is 32.1. The minimum atomic E-state index is -0.0994. The van der Waals surface area contributed by atoms with E-state index in [1.165, 1.54) is 5.56 Å². The number of fused-ring (bicyclic) bond motifs is 1. The van der Waals surface area contributed by atoms with Gasteiger partial charge in [0.05, 0.1) is 13.2 Å². The van der Waals surface area contributed by atoms with E-state index in [4.69, 9.17) is 17.0 Å². The Kier molecular flexibility index (Phi) is 7.32. The number of ether oxygens (including phenoxy) is 1. The van der Waals surface area contributed by atoms with Gasteiger partial charge in [-0.1, -0.05) is 19.1 Å². The third-order valence-electron chi connectivity index (χ3n) is 4.72. The summed E-state index contributed by atoms with van der Waals surface area (Å²) in [4.78, 5) is 21.8. The number of thiocarbonyl (C=S) groups is 1. The number of benzene rings is 1. The molecule has 0 saturated heterocycles. The van der Waals surface area contributed by atoms with Crippen LogP contribution in [0.5, 0.6) is 0 Å². The van der Waals surface area contributed by atoms with Crippen LogP contribution >= 0.6 is 12.2 Å². The second-order valence-electron chi connectivity index (χ2n) is 6.84. The van der Waals surface area contributed by atoms with Crippen LogP contribution in [0.25, 0.3) is 10.9 Å². The van der Waals surface area contributed by atoms with E-state index in [1.807, 2.05) is 41.4 Å². The van der Waals surface area contributed by atoms with E-state index in [0.717, 1.165) is 22.9 Å². The van der Waals surface area contributed by atoms with Crippen molar-refractivity contribution in [3.8, 4) is 0 Å². The lowest BCUT2D eigenvalue weighted by Gasteiger charge is -2.26. The first-order valence-electron chi connectivity index (χ1n) is 9.66. The zero-order valence-electron chi connectivity index (χ0n) is 16.8. The van der Waals surface area contributed by atoms with E-state index < -0.39 is 0 Å². The van der Waals surface area contributed by atoms with Crippen molar-refractivity contribution in [1.29, 1.82) is 0 Å². The lowest BCUT2D eigenvalue weighted by atomic mass is 10.1. The summed E-state index contributed by atoms with van der Waals surface area (Å²) >= 11 is 5.59. The standard InChI is InChI=1S/C22H26N4O2S/c1-3-16-6-7-20-18(11-16)12-19(21(27)25-20)15-26(22(29)24-9-10-28-2)14-17-5-4-8-23-13-17/h4-8,11-13H,3,9-10,14-15H2,1-2H3,(H,24,29)(H,25,27). The van der Waals surface area contributed by atoms with Crippen molar-refractivity contribution >= 4 is 28.2 Å². The molecular formula is C22H26N4O2S. The zero-order valence-corrected chi connectivity index (χ0v) is 17.6. The molecule has 3 aromatic rings. The molecule has 2 N–H and O–H groups in total. The van der Waals surface area contributed by atoms with Gasteiger partial charge in [0.15, 0.2) is 5.11 Å². The van der Waals surface area contributed by atoms with E-state index >= 15 is 0 Å². The molecule has 0 aliphatic carbocycles. The molecule has 0 amide bonds. The van der Waals surface area contributed by atoms with Crippen LogP contribution in [-0.2, 0) is 24.2 Å². The topological polar surface area (TPSA) is 70.2 Å². The Morgan fingerprint density at radius 3 is 2.83 bits per heavy atom. The normalized spacial score (nSPS) is 10.8. The van der Waals surface area contributed by atoms with Crippen molar-refractivity contribution in [2.75, 3.05) is 20.3 Å². The number of nitrogens with zero attached hydrogens (tertiary/aromatic N) is 2. The van der Waals surface area contributed by atoms with Crippen molar-refractivity contribution < 1.29 is 4.74 Å². The van der Waals surface area contributed by atoms with Gasteiger partial charge in [0.25, 0.3) is 5.56 Å². The van der Waals surface area contributed by atoms with Crippen molar-refractivity contribution in [1.82, 2.24) is 20.2 Å². The molecule has 0 radical (unpaired) electrons. The maximum atomic E-state index is 12.7. The molecule has 152 valence electrons. The fourth-order valence-corrected chi connectivity index (χ4v) is 3.36. The zero-order chi connectivity index (χ0) is 20.6. The Balaban J connectivity index is 1.88. The number of aromatic nitrogens is 2. The Morgan fingerprint density at radius 1 is 1.24 bits per heavy atom. The Labute approximate surface area is 175 Å². The van der Waals surface area contributed by atoms with Gasteiger partial charge in [-0.15, -0.1) is 0 Å². The van der Waals surface area contributed by atoms with Crippen LogP contribution in [0.3, 0.4) is 0 Å². The molecule has 3 rings (SSSR count). The molecule has 1 aromatic carbocycles. The van der Waals surface area contributed by atoms with Crippen molar-refractivity contribution in [2.24, 2.45) is 0 Å². The van der Waals surface area contributed by atoms with Gasteiger partial charge in [-0.2, -0.15) is 0 Å². The van der Waals surface area contributed by atoms with Crippen molar-refractivity contribution in [2.45, 2.75) is 26.4 Å². The third-order valence-corrected chi connectivity index (χ3v) is 5.12. The number of hydrogen-bond acceptors (Lipinski definition) is 4. The number of hydrogen-bond donors (Lipinski definition) is 2. The highest BCUT2D eigenvalue weighted by molar-refractivity contribution is 7.80. The first kappa shape index (κ1) is 21.0. The van der Waals surface area contributed by atoms with Crippen LogP contribution in [0.15, 0.2) is 53.6 Å². The minimum Gasteiger partial charge on any atom is -0.383 e. The number of nitrogens with one attached hydrogen (secondary N) is 2. The average Bonchev–Trinajstić information content (AvgIpc) is 2.74. The molecule has 0 saturated carbocycles. The van der Waals surface area contributed by atoms with Gasteiger partial charge >= 0.3 is 0 Å². The second kappa shape index (κ2) is 10.1. The van der Waals surface area contributed by atoms with E-state index in [-0.39, 0.29) is 5.56 Å². The molecule has 2 aromatic heterocycles. The van der Waals surface area contributed by atoms with Crippen LogP contribution in [0.2, 0.25) is 0 Å². The van der Waals surface area contributed by atoms with Gasteiger partial charge < -0.3 is 19.9 Å². The number of rotatable bonds is 8. The second-order valence-corrected chi connectivity index (χ2v) is 7.23. The molecule has 0 fully saturated rings. The highest BCUT2D eigenvalue weighted by Crippen LogP contribution is 2.16. The Morgan fingerprint density at radius 2 is 2.10 bits per heavy atom. The maximum absolute atomic E-state index is 12.7. The maximum Gasteiger partial charge on any atom is 0.253 e. The van der Waals surface area contributed by atoms with Gasteiger partial charge in [-0.05, 0) is 59.4 Å². The van der Waals surface area contributed by atoms with E-state index in [2.05, 4.69) is 28.3 Å². The van der Waals surface area contributed by atoms with E-state index in [9.17, 15) is 4.79 Å². The molecule has 0 spiro atoms. The van der Waals surface area contributed by atoms with Crippen LogP contribution in [0.1, 0.15) is 23.6 Å². The van der Waals surface area contributed by atoms with Crippen LogP contribution < -0.4 is 10.9 Å². The lowest BCUT2D eigenvalue weighted by Crippen LogP contribution is -2.41. The molecule has 0 atom stereocenters. The average molecular weight is 411 g/mol. The lowest BCUT2D eigenvalue weighted by molar-refractivity contribution is 0.202. The van der Waals surface area contributed by atoms with Crippen LogP contribution in [0.4, 0.5) is 0 Å². The summed E-state index contributed by atoms with van der Waals surface area (Å²) in [7, 11) is 1.65. The predicted octanol–water partition coefficient (Wildman–Crippen LogP) is 3.01. The first-order chi connectivity index (χ1) is 14.1. The summed E-state index contributed by atoms with van der Waals surface area (Å²) in [5, 5.41) is 4.80. The molecule has 29 heavy (non-hydrogen) atoms. The SMILES string of the molecule is CCc1ccc2[nH]c(=O)c(CN(Cc3cccnc3)C(=S)NCCOC)cc2c1. The summed E-state index contributed by atoms with van der Waals surface area (Å²) in [5.74, 6) is 0. The van der Waals surface area contributed by atoms with Crippen molar-refractivity contribution in [3.63, 3.8) is 0 Å². The largest absolute Gasteiger partial charge is 0.383 e. The molecule has 0 bridgehead atoms. The van der Waals surface area contributed by atoms with Gasteiger partial charge in [-0.25, -0.2) is 0 Å². The minimum absolute atomic E-state index is 0.0994. The summed E-state index contributed by atoms with van der Waals surface area (Å²) in [5.41, 5.74) is 3.67. The number of pyridine rings is 2. The number of methoxy groups -OCH3 is 1. The first-order valence-corrected chi connectivity index (χ1v) is 10.1. The molecule has 0 aliphatic rings. The third kappa shape index (κ3) is 5.62. The van der Waals surface area contributed by atoms with Gasteiger partial charge in [0.1, 0.15) is 0 Å². The molecule has 6 nitrogen and oxygen atoms in total. The Hall–Kier alpha value is -2.77. The predicted molar refractivity (Wildman–Crippen MR) is 120 cm³/mol. The number of aromatic amines is 1. The van der Waals surface area contributed by atoms with Crippen molar-refractivity contribution in [3.05, 3.63) is 75.8 Å². The van der Waals surface area contributed by atoms with E-state index in [0.29, 0.717) is 36.9 Å². The molecular weight excluding hydrogens is 384 g/mol. The fraction of sp³-hybridized carbons (Fsp3) is 0.318. The monoisotopic (exact) mass is 410 g/mol. The van der Waals surface area contributed by atoms with Crippen LogP contribution in [-0.4, -0.2) is 40.2 Å². The van der Waals surface area contributed by atoms with E-state index in [1.54, 1.807) is 13.3 Å². The van der Waals surface area contributed by atoms with Crippen LogP contribution in [0, 0.1) is 0 Å². The molecule has 0 aliphatic heterocycles. The Bertz CT molecular complexity index is 1020. The number of aryl methyl sites for hydroxylation is 1. The fourth-order valence-electron chi connectivity index (χ4n) is 3.13. The smallest absolute Gasteiger partial charge is 0.253 e. The summed E-state index contributed by atoms with van der Waals surface area (Å²) in [6, 6.07) is 12.0. The van der Waals surface area contributed by atoms with Gasteiger partial charge in [0, 0.05) is 43.7 Å². The van der Waals surface area contributed by atoms with Gasteiger partial charge in [-0.3, -0.25) is 9.78 Å².